The van der Waals surface area contributed by atoms with Crippen LogP contribution in [-0.2, 0) is 9.59 Å². The Bertz CT molecular complexity index is 1110. The van der Waals surface area contributed by atoms with E-state index in [0.717, 1.165) is 10.5 Å². The van der Waals surface area contributed by atoms with Gasteiger partial charge in [-0.1, -0.05) is 60.7 Å². The van der Waals surface area contributed by atoms with Crippen molar-refractivity contribution in [2.45, 2.75) is 16.2 Å². The highest BCUT2D eigenvalue weighted by atomic mass is 32.2. The van der Waals surface area contributed by atoms with Gasteiger partial charge in [-0.25, -0.2) is 0 Å². The van der Waals surface area contributed by atoms with E-state index in [1.165, 1.54) is 16.7 Å². The van der Waals surface area contributed by atoms with Gasteiger partial charge in [-0.15, -0.1) is 11.8 Å². The molecule has 0 fully saturated rings. The molecule has 7 heteroatoms. The molecular weight excluding hydrogens is 410 g/mol. The van der Waals surface area contributed by atoms with Crippen LogP contribution in [0.15, 0.2) is 89.8 Å². The molecule has 0 aromatic heterocycles. The first kappa shape index (κ1) is 20.7. The molecular formula is C24H21N3O3S. The number of hydrogen-bond acceptors (Lipinski definition) is 4. The molecule has 1 heterocycles. The fourth-order valence-electron chi connectivity index (χ4n) is 3.57. The number of rotatable bonds is 5. The van der Waals surface area contributed by atoms with Crippen molar-refractivity contribution in [3.8, 4) is 0 Å². The van der Waals surface area contributed by atoms with Crippen LogP contribution in [-0.4, -0.2) is 30.3 Å². The van der Waals surface area contributed by atoms with E-state index >= 15 is 0 Å². The van der Waals surface area contributed by atoms with Crippen molar-refractivity contribution in [3.05, 3.63) is 96.1 Å². The topological polar surface area (TPSA) is 92.5 Å². The van der Waals surface area contributed by atoms with E-state index in [1.807, 2.05) is 48.5 Å². The Labute approximate surface area is 184 Å². The molecule has 1 aliphatic heterocycles. The van der Waals surface area contributed by atoms with E-state index in [9.17, 15) is 14.4 Å². The van der Waals surface area contributed by atoms with Gasteiger partial charge in [-0.05, 0) is 29.8 Å². The quantitative estimate of drug-likeness (QED) is 0.649. The van der Waals surface area contributed by atoms with E-state index in [1.54, 1.807) is 36.4 Å². The minimum atomic E-state index is -0.896. The SMILES string of the molecule is NC(=O)CN1C(=O)C(NC(=O)c2ccccc2)C(c2ccccc2)Sc2ccccc21. The van der Waals surface area contributed by atoms with Crippen LogP contribution in [0, 0.1) is 0 Å². The molecule has 0 saturated heterocycles. The molecule has 4 rings (SSSR count). The van der Waals surface area contributed by atoms with Crippen LogP contribution in [0.4, 0.5) is 5.69 Å². The molecule has 0 aliphatic carbocycles. The van der Waals surface area contributed by atoms with Gasteiger partial charge in [0.05, 0.1) is 10.9 Å². The summed E-state index contributed by atoms with van der Waals surface area (Å²) in [5.41, 5.74) is 7.41. The smallest absolute Gasteiger partial charge is 0.251 e. The highest BCUT2D eigenvalue weighted by molar-refractivity contribution is 7.99. The second-order valence-electron chi connectivity index (χ2n) is 7.12. The summed E-state index contributed by atoms with van der Waals surface area (Å²) in [6, 6.07) is 24.8. The predicted octanol–water partition coefficient (Wildman–Crippen LogP) is 3.15. The highest BCUT2D eigenvalue weighted by Gasteiger charge is 2.39. The molecule has 3 aromatic rings. The average Bonchev–Trinajstić information content (AvgIpc) is 2.90. The Morgan fingerprint density at radius 2 is 1.52 bits per heavy atom. The van der Waals surface area contributed by atoms with E-state index in [4.69, 9.17) is 5.73 Å². The molecule has 0 saturated carbocycles. The van der Waals surface area contributed by atoms with Gasteiger partial charge < -0.3 is 16.0 Å². The number of nitrogens with two attached hydrogens (primary N) is 1. The molecule has 3 N–H and O–H groups in total. The number of fused-ring (bicyclic) bond motifs is 1. The Kier molecular flexibility index (Phi) is 6.04. The molecule has 3 amide bonds. The number of hydrogen-bond donors (Lipinski definition) is 2. The summed E-state index contributed by atoms with van der Waals surface area (Å²) < 4.78 is 0. The van der Waals surface area contributed by atoms with Gasteiger partial charge in [-0.2, -0.15) is 0 Å². The van der Waals surface area contributed by atoms with Gasteiger partial charge in [-0.3, -0.25) is 14.4 Å². The Balaban J connectivity index is 1.79. The number of carbonyl (C=O) groups excluding carboxylic acids is 3. The minimum Gasteiger partial charge on any atom is -0.368 e. The molecule has 2 atom stereocenters. The van der Waals surface area contributed by atoms with Crippen LogP contribution in [0.3, 0.4) is 0 Å². The fourth-order valence-corrected chi connectivity index (χ4v) is 4.92. The number of benzene rings is 3. The van der Waals surface area contributed by atoms with Crippen molar-refractivity contribution in [1.82, 2.24) is 5.32 Å². The highest BCUT2D eigenvalue weighted by Crippen LogP contribution is 2.45. The zero-order valence-corrected chi connectivity index (χ0v) is 17.4. The summed E-state index contributed by atoms with van der Waals surface area (Å²) in [5, 5.41) is 2.52. The maximum atomic E-state index is 13.7. The van der Waals surface area contributed by atoms with E-state index in [2.05, 4.69) is 5.32 Å². The third kappa shape index (κ3) is 4.46. The van der Waals surface area contributed by atoms with Gasteiger partial charge in [0.1, 0.15) is 12.6 Å². The second kappa shape index (κ2) is 9.06. The van der Waals surface area contributed by atoms with Crippen LogP contribution in [0.1, 0.15) is 21.2 Å². The zero-order valence-electron chi connectivity index (χ0n) is 16.6. The molecule has 1 aliphatic rings. The maximum Gasteiger partial charge on any atom is 0.251 e. The number of carbonyl (C=O) groups is 3. The maximum absolute atomic E-state index is 13.7. The van der Waals surface area contributed by atoms with E-state index in [0.29, 0.717) is 11.3 Å². The number of amides is 3. The third-order valence-electron chi connectivity index (χ3n) is 5.01. The number of anilines is 1. The van der Waals surface area contributed by atoms with Crippen LogP contribution in [0.25, 0.3) is 0 Å². The first-order chi connectivity index (χ1) is 15.0. The molecule has 31 heavy (non-hydrogen) atoms. The lowest BCUT2D eigenvalue weighted by Gasteiger charge is -2.28. The summed E-state index contributed by atoms with van der Waals surface area (Å²) in [7, 11) is 0. The molecule has 156 valence electrons. The van der Waals surface area contributed by atoms with Crippen LogP contribution in [0.2, 0.25) is 0 Å². The van der Waals surface area contributed by atoms with Crippen LogP contribution >= 0.6 is 11.8 Å². The Morgan fingerprint density at radius 1 is 0.903 bits per heavy atom. The normalized spacial score (nSPS) is 18.1. The number of primary amides is 1. The molecule has 0 radical (unpaired) electrons. The zero-order chi connectivity index (χ0) is 21.8. The summed E-state index contributed by atoms with van der Waals surface area (Å²) in [4.78, 5) is 40.6. The second-order valence-corrected chi connectivity index (χ2v) is 8.31. The van der Waals surface area contributed by atoms with Crippen molar-refractivity contribution in [1.29, 1.82) is 0 Å². The Morgan fingerprint density at radius 3 is 2.19 bits per heavy atom. The van der Waals surface area contributed by atoms with Crippen LogP contribution < -0.4 is 16.0 Å². The van der Waals surface area contributed by atoms with Crippen molar-refractivity contribution in [2.24, 2.45) is 5.73 Å². The van der Waals surface area contributed by atoms with Crippen LogP contribution in [0.5, 0.6) is 0 Å². The standard InChI is InChI=1S/C24H21N3O3S/c25-20(28)15-27-18-13-7-8-14-19(18)31-22(16-9-3-1-4-10-16)21(24(27)30)26-23(29)17-11-5-2-6-12-17/h1-14,21-22H,15H2,(H2,25,28)(H,26,29). The summed E-state index contributed by atoms with van der Waals surface area (Å²) in [5.74, 6) is -1.36. The van der Waals surface area contributed by atoms with Gasteiger partial charge in [0, 0.05) is 10.5 Å². The first-order valence-corrected chi connectivity index (χ1v) is 10.7. The van der Waals surface area contributed by atoms with Crippen molar-refractivity contribution >= 4 is 35.2 Å². The monoisotopic (exact) mass is 431 g/mol. The molecule has 3 aromatic carbocycles. The third-order valence-corrected chi connectivity index (χ3v) is 6.41. The lowest BCUT2D eigenvalue weighted by Crippen LogP contribution is -2.52. The largest absolute Gasteiger partial charge is 0.368 e. The number of thioether (sulfide) groups is 1. The lowest BCUT2D eigenvalue weighted by atomic mass is 10.0. The lowest BCUT2D eigenvalue weighted by molar-refractivity contribution is -0.123. The van der Waals surface area contributed by atoms with Crippen molar-refractivity contribution < 1.29 is 14.4 Å². The predicted molar refractivity (Wildman–Crippen MR) is 121 cm³/mol. The first-order valence-electron chi connectivity index (χ1n) is 9.81. The van der Waals surface area contributed by atoms with Gasteiger partial charge in [0.2, 0.25) is 5.91 Å². The average molecular weight is 432 g/mol. The van der Waals surface area contributed by atoms with Gasteiger partial charge in [0.25, 0.3) is 11.8 Å². The van der Waals surface area contributed by atoms with E-state index in [-0.39, 0.29) is 23.6 Å². The fraction of sp³-hybridized carbons (Fsp3) is 0.125. The summed E-state index contributed by atoms with van der Waals surface area (Å²) in [6.07, 6.45) is 0. The minimum absolute atomic E-state index is 0.268. The number of para-hydroxylation sites is 1. The summed E-state index contributed by atoms with van der Waals surface area (Å²) >= 11 is 1.48. The van der Waals surface area contributed by atoms with Gasteiger partial charge in [0.15, 0.2) is 0 Å². The molecule has 2 unspecified atom stereocenters. The molecule has 6 nitrogen and oxygen atoms in total. The molecule has 0 bridgehead atoms. The number of nitrogens with zero attached hydrogens (tertiary/aromatic N) is 1. The van der Waals surface area contributed by atoms with Crippen molar-refractivity contribution in [3.63, 3.8) is 0 Å². The summed E-state index contributed by atoms with van der Waals surface area (Å²) in [6.45, 7) is -0.268. The Hall–Kier alpha value is -3.58. The van der Waals surface area contributed by atoms with Crippen molar-refractivity contribution in [2.75, 3.05) is 11.4 Å². The van der Waals surface area contributed by atoms with Gasteiger partial charge >= 0.3 is 0 Å². The number of nitrogens with one attached hydrogen (secondary N) is 1. The molecule has 0 spiro atoms. The van der Waals surface area contributed by atoms with E-state index < -0.39 is 11.9 Å².